The summed E-state index contributed by atoms with van der Waals surface area (Å²) in [6.45, 7) is 1.06. The van der Waals surface area contributed by atoms with Gasteiger partial charge in [0, 0.05) is 31.0 Å². The van der Waals surface area contributed by atoms with E-state index in [1.807, 2.05) is 47.4 Å². The lowest BCUT2D eigenvalue weighted by Gasteiger charge is -2.27. The standard InChI is InChI=1S/C23H26N2O5S/c1-28-18-7-5-17(6-8-18)25-14-16(13-21(25)26)22(27)24-10-11-31-23(24)15-4-9-19(29-2)20(12-15)30-3/h4-9,12,16,23H,10-11,13-14H2,1-3H3. The third kappa shape index (κ3) is 4.17. The number of ether oxygens (including phenoxy) is 3. The second kappa shape index (κ2) is 9.09. The summed E-state index contributed by atoms with van der Waals surface area (Å²) in [6.07, 6.45) is 0.227. The lowest BCUT2D eigenvalue weighted by molar-refractivity contribution is -0.136. The van der Waals surface area contributed by atoms with Crippen LogP contribution in [0, 0.1) is 5.92 Å². The van der Waals surface area contributed by atoms with E-state index in [-0.39, 0.29) is 29.5 Å². The summed E-state index contributed by atoms with van der Waals surface area (Å²) in [5.74, 6) is 2.52. The van der Waals surface area contributed by atoms with Crippen LogP contribution in [0.3, 0.4) is 0 Å². The number of thioether (sulfide) groups is 1. The van der Waals surface area contributed by atoms with Crippen LogP contribution in [0.2, 0.25) is 0 Å². The Labute approximate surface area is 186 Å². The van der Waals surface area contributed by atoms with Crippen LogP contribution in [0.5, 0.6) is 17.2 Å². The van der Waals surface area contributed by atoms with Crippen molar-refractivity contribution in [2.75, 3.05) is 45.1 Å². The largest absolute Gasteiger partial charge is 0.497 e. The number of carbonyl (C=O) groups excluding carboxylic acids is 2. The van der Waals surface area contributed by atoms with Gasteiger partial charge in [-0.1, -0.05) is 6.07 Å². The molecule has 2 unspecified atom stereocenters. The molecule has 8 heteroatoms. The van der Waals surface area contributed by atoms with Crippen LogP contribution in [0.15, 0.2) is 42.5 Å². The van der Waals surface area contributed by atoms with Crippen molar-refractivity contribution in [2.24, 2.45) is 5.92 Å². The number of hydrogen-bond acceptors (Lipinski definition) is 6. The van der Waals surface area contributed by atoms with Gasteiger partial charge in [0.05, 0.1) is 27.2 Å². The SMILES string of the molecule is COc1ccc(N2CC(C(=O)N3CCSC3c3ccc(OC)c(OC)c3)CC2=O)cc1. The predicted octanol–water partition coefficient (Wildman–Crippen LogP) is 3.34. The second-order valence-electron chi connectivity index (χ2n) is 7.47. The van der Waals surface area contributed by atoms with Gasteiger partial charge in [-0.2, -0.15) is 0 Å². The zero-order valence-corrected chi connectivity index (χ0v) is 18.7. The quantitative estimate of drug-likeness (QED) is 0.684. The molecule has 2 saturated heterocycles. The number of rotatable bonds is 6. The van der Waals surface area contributed by atoms with E-state index in [0.29, 0.717) is 24.6 Å². The first-order valence-electron chi connectivity index (χ1n) is 10.1. The highest BCUT2D eigenvalue weighted by atomic mass is 32.2. The van der Waals surface area contributed by atoms with Gasteiger partial charge in [0.2, 0.25) is 11.8 Å². The van der Waals surface area contributed by atoms with Crippen molar-refractivity contribution in [2.45, 2.75) is 11.8 Å². The van der Waals surface area contributed by atoms with E-state index in [2.05, 4.69) is 0 Å². The van der Waals surface area contributed by atoms with E-state index in [0.717, 1.165) is 22.8 Å². The summed E-state index contributed by atoms with van der Waals surface area (Å²) in [7, 11) is 4.81. The normalized spacial score (nSPS) is 20.8. The van der Waals surface area contributed by atoms with E-state index in [9.17, 15) is 9.59 Å². The Morgan fingerprint density at radius 1 is 1.00 bits per heavy atom. The molecule has 0 radical (unpaired) electrons. The molecule has 164 valence electrons. The van der Waals surface area contributed by atoms with E-state index in [1.54, 1.807) is 38.0 Å². The molecule has 0 bridgehead atoms. The molecule has 2 aliphatic heterocycles. The molecule has 0 spiro atoms. The first-order chi connectivity index (χ1) is 15.0. The number of nitrogens with zero attached hydrogens (tertiary/aromatic N) is 2. The van der Waals surface area contributed by atoms with Gasteiger partial charge >= 0.3 is 0 Å². The van der Waals surface area contributed by atoms with Crippen molar-refractivity contribution in [3.05, 3.63) is 48.0 Å². The summed E-state index contributed by atoms with van der Waals surface area (Å²) in [4.78, 5) is 29.6. The molecule has 7 nitrogen and oxygen atoms in total. The average molecular weight is 443 g/mol. The van der Waals surface area contributed by atoms with Crippen LogP contribution in [0.4, 0.5) is 5.69 Å². The Balaban J connectivity index is 1.50. The van der Waals surface area contributed by atoms with Crippen molar-refractivity contribution in [3.8, 4) is 17.2 Å². The monoisotopic (exact) mass is 442 g/mol. The van der Waals surface area contributed by atoms with Gasteiger partial charge in [0.25, 0.3) is 0 Å². The minimum atomic E-state index is -0.351. The van der Waals surface area contributed by atoms with Gasteiger partial charge in [-0.3, -0.25) is 9.59 Å². The molecular weight excluding hydrogens is 416 g/mol. The topological polar surface area (TPSA) is 68.3 Å². The fraction of sp³-hybridized carbons (Fsp3) is 0.391. The number of amides is 2. The van der Waals surface area contributed by atoms with Crippen LogP contribution >= 0.6 is 11.8 Å². The minimum absolute atomic E-state index is 0.0224. The van der Waals surface area contributed by atoms with Crippen molar-refractivity contribution in [3.63, 3.8) is 0 Å². The predicted molar refractivity (Wildman–Crippen MR) is 120 cm³/mol. The van der Waals surface area contributed by atoms with Crippen molar-refractivity contribution in [1.29, 1.82) is 0 Å². The first kappa shape index (κ1) is 21.4. The summed E-state index contributed by atoms with van der Waals surface area (Å²) >= 11 is 1.72. The molecule has 2 atom stereocenters. The van der Waals surface area contributed by atoms with Gasteiger partial charge in [-0.05, 0) is 42.0 Å². The van der Waals surface area contributed by atoms with Crippen molar-refractivity contribution < 1.29 is 23.8 Å². The third-order valence-corrected chi connectivity index (χ3v) is 6.99. The Hall–Kier alpha value is -2.87. The maximum atomic E-state index is 13.4. The molecule has 0 saturated carbocycles. The lowest BCUT2D eigenvalue weighted by atomic mass is 10.1. The first-order valence-corrected chi connectivity index (χ1v) is 11.2. The minimum Gasteiger partial charge on any atom is -0.497 e. The van der Waals surface area contributed by atoms with Crippen LogP contribution in [0.1, 0.15) is 17.4 Å². The molecule has 2 fully saturated rings. The summed E-state index contributed by atoms with van der Waals surface area (Å²) < 4.78 is 15.9. The maximum absolute atomic E-state index is 13.4. The summed E-state index contributed by atoms with van der Waals surface area (Å²) in [5, 5.41) is -0.0996. The molecule has 2 amide bonds. The third-order valence-electron chi connectivity index (χ3n) is 5.73. The number of carbonyl (C=O) groups is 2. The Kier molecular flexibility index (Phi) is 6.27. The van der Waals surface area contributed by atoms with Crippen molar-refractivity contribution >= 4 is 29.3 Å². The Bertz CT molecular complexity index is 965. The zero-order chi connectivity index (χ0) is 22.0. The Morgan fingerprint density at radius 3 is 2.42 bits per heavy atom. The van der Waals surface area contributed by atoms with Crippen molar-refractivity contribution in [1.82, 2.24) is 4.90 Å². The molecule has 2 heterocycles. The number of methoxy groups -OCH3 is 3. The number of hydrogen-bond donors (Lipinski definition) is 0. The highest BCUT2D eigenvalue weighted by molar-refractivity contribution is 7.99. The molecular formula is C23H26N2O5S. The zero-order valence-electron chi connectivity index (χ0n) is 17.9. The molecule has 2 aromatic rings. The molecule has 31 heavy (non-hydrogen) atoms. The second-order valence-corrected chi connectivity index (χ2v) is 8.66. The van der Waals surface area contributed by atoms with Gasteiger partial charge in [0.1, 0.15) is 11.1 Å². The van der Waals surface area contributed by atoms with Crippen LogP contribution in [0.25, 0.3) is 0 Å². The highest BCUT2D eigenvalue weighted by Gasteiger charge is 2.41. The Morgan fingerprint density at radius 2 is 1.74 bits per heavy atom. The van der Waals surface area contributed by atoms with Crippen LogP contribution in [-0.4, -0.2) is 56.9 Å². The summed E-state index contributed by atoms with van der Waals surface area (Å²) in [6, 6.07) is 13.1. The fourth-order valence-corrected chi connectivity index (χ4v) is 5.35. The van der Waals surface area contributed by atoms with Crippen LogP contribution < -0.4 is 19.1 Å². The van der Waals surface area contributed by atoms with Crippen LogP contribution in [-0.2, 0) is 9.59 Å². The van der Waals surface area contributed by atoms with Gasteiger partial charge in [0.15, 0.2) is 11.5 Å². The fourth-order valence-electron chi connectivity index (χ4n) is 4.10. The van der Waals surface area contributed by atoms with Gasteiger partial charge < -0.3 is 24.0 Å². The summed E-state index contributed by atoms with van der Waals surface area (Å²) in [5.41, 5.74) is 1.78. The molecule has 2 aliphatic rings. The molecule has 0 aromatic heterocycles. The number of benzene rings is 2. The lowest BCUT2D eigenvalue weighted by Crippen LogP contribution is -2.37. The maximum Gasteiger partial charge on any atom is 0.229 e. The van der Waals surface area contributed by atoms with E-state index in [4.69, 9.17) is 14.2 Å². The highest BCUT2D eigenvalue weighted by Crippen LogP contribution is 2.42. The molecule has 4 rings (SSSR count). The average Bonchev–Trinajstić information content (AvgIpc) is 3.45. The number of anilines is 1. The van der Waals surface area contributed by atoms with Gasteiger partial charge in [-0.25, -0.2) is 0 Å². The van der Waals surface area contributed by atoms with E-state index >= 15 is 0 Å². The smallest absolute Gasteiger partial charge is 0.229 e. The van der Waals surface area contributed by atoms with Gasteiger partial charge in [-0.15, -0.1) is 11.8 Å². The molecule has 2 aromatic carbocycles. The molecule has 0 aliphatic carbocycles. The van der Waals surface area contributed by atoms with E-state index < -0.39 is 0 Å². The molecule has 0 N–H and O–H groups in total. The van der Waals surface area contributed by atoms with E-state index in [1.165, 1.54) is 0 Å².